The van der Waals surface area contributed by atoms with Crippen molar-refractivity contribution >= 4 is 38.3 Å². The standard InChI is InChI=1S/C24H23ClF2N6O3S/c1-13-21-23(31-30-13)28-22(29-24(21)36-19-9-10-33(2)12-18(19)27)14-3-6-16(7-4-14)32-37(34,35)20-11-15(25)5-8-17(20)26/h3-8,11,18-19,32H,9-10,12H2,1-2H3,(H,28,29,30,31)/t18-,19+/m0/s1/i2D3. The van der Waals surface area contributed by atoms with E-state index < -0.39 is 40.0 Å². The summed E-state index contributed by atoms with van der Waals surface area (Å²) in [5, 5.41) is 7.46. The maximum atomic E-state index is 14.9. The molecule has 4 aromatic rings. The van der Waals surface area contributed by atoms with E-state index in [0.29, 0.717) is 22.3 Å². The number of alkyl halides is 1. The van der Waals surface area contributed by atoms with Gasteiger partial charge in [-0.05, 0) is 62.8 Å². The number of nitrogens with zero attached hydrogens (tertiary/aromatic N) is 4. The Kier molecular flexibility index (Phi) is 5.77. The summed E-state index contributed by atoms with van der Waals surface area (Å²) in [7, 11) is -4.26. The van der Waals surface area contributed by atoms with Crippen LogP contribution in [0.5, 0.6) is 5.88 Å². The summed E-state index contributed by atoms with van der Waals surface area (Å²) in [6.07, 6.45) is -2.35. The van der Waals surface area contributed by atoms with Gasteiger partial charge in [-0.15, -0.1) is 0 Å². The van der Waals surface area contributed by atoms with Gasteiger partial charge in [0, 0.05) is 33.5 Å². The van der Waals surface area contributed by atoms with Gasteiger partial charge in [-0.2, -0.15) is 10.1 Å². The number of H-pyrrole nitrogens is 1. The van der Waals surface area contributed by atoms with Crippen LogP contribution in [0.15, 0.2) is 47.4 Å². The fraction of sp³-hybridized carbons (Fsp3) is 0.292. The number of ether oxygens (including phenoxy) is 1. The van der Waals surface area contributed by atoms with Crippen LogP contribution in [-0.4, -0.2) is 65.8 Å². The smallest absolute Gasteiger partial charge is 0.264 e. The average Bonchev–Trinajstić information content (AvgIpc) is 3.27. The molecule has 1 aliphatic heterocycles. The van der Waals surface area contributed by atoms with Crippen molar-refractivity contribution in [3.05, 3.63) is 59.0 Å². The predicted molar refractivity (Wildman–Crippen MR) is 136 cm³/mol. The van der Waals surface area contributed by atoms with Gasteiger partial charge in [0.05, 0.1) is 5.69 Å². The SMILES string of the molecule is [2H]C([2H])([2H])N1CC[C@@H](Oc2nc(-c3ccc(NS(=O)(=O)c4cc(Cl)ccc4F)cc3)nc3[nH]nc(C)c23)[C@@H](F)C1. The summed E-state index contributed by atoms with van der Waals surface area (Å²) in [6.45, 7) is -0.858. The van der Waals surface area contributed by atoms with E-state index in [2.05, 4.69) is 24.9 Å². The molecule has 2 aromatic heterocycles. The molecule has 1 saturated heterocycles. The Morgan fingerprint density at radius 2 is 2.03 bits per heavy atom. The second-order valence-corrected chi connectivity index (χ2v) is 10.6. The van der Waals surface area contributed by atoms with E-state index in [1.807, 2.05) is 0 Å². The minimum absolute atomic E-state index is 0.0682. The Hall–Kier alpha value is -3.35. The van der Waals surface area contributed by atoms with Gasteiger partial charge >= 0.3 is 0 Å². The summed E-state index contributed by atoms with van der Waals surface area (Å²) in [5.41, 5.74) is 1.50. The Bertz CT molecular complexity index is 1670. The first-order chi connectivity index (χ1) is 18.8. The fourth-order valence-electron chi connectivity index (χ4n) is 3.99. The van der Waals surface area contributed by atoms with Crippen molar-refractivity contribution in [2.75, 3.05) is 24.8 Å². The lowest BCUT2D eigenvalue weighted by molar-refractivity contribution is 0.0296. The van der Waals surface area contributed by atoms with Gasteiger partial charge in [0.1, 0.15) is 28.4 Å². The highest BCUT2D eigenvalue weighted by molar-refractivity contribution is 7.92. The largest absolute Gasteiger partial charge is 0.471 e. The first kappa shape index (κ1) is 21.7. The third-order valence-corrected chi connectivity index (χ3v) is 7.52. The van der Waals surface area contributed by atoms with Crippen molar-refractivity contribution in [3.63, 3.8) is 0 Å². The molecule has 0 unspecified atom stereocenters. The molecular weight excluding hydrogens is 526 g/mol. The average molecular weight is 552 g/mol. The van der Waals surface area contributed by atoms with Gasteiger partial charge in [0.15, 0.2) is 11.5 Å². The molecule has 2 aromatic carbocycles. The molecule has 0 spiro atoms. The molecular formula is C24H23ClF2N6O3S. The van der Waals surface area contributed by atoms with Gasteiger partial charge in [-0.3, -0.25) is 9.82 Å². The summed E-state index contributed by atoms with van der Waals surface area (Å²) in [5.74, 6) is -0.670. The molecule has 3 heterocycles. The number of aromatic amines is 1. The van der Waals surface area contributed by atoms with Gasteiger partial charge in [-0.25, -0.2) is 22.2 Å². The third kappa shape index (κ3) is 5.22. The summed E-state index contributed by atoms with van der Waals surface area (Å²) in [6, 6.07) is 9.22. The monoisotopic (exact) mass is 551 g/mol. The lowest BCUT2D eigenvalue weighted by Crippen LogP contribution is -2.45. The quantitative estimate of drug-likeness (QED) is 0.366. The predicted octanol–water partition coefficient (Wildman–Crippen LogP) is 4.34. The minimum Gasteiger partial charge on any atom is -0.471 e. The van der Waals surface area contributed by atoms with Gasteiger partial charge in [-0.1, -0.05) is 11.6 Å². The zero-order valence-corrected chi connectivity index (χ0v) is 20.9. The molecule has 13 heteroatoms. The van der Waals surface area contributed by atoms with Crippen LogP contribution in [0, 0.1) is 12.7 Å². The number of rotatable bonds is 6. The molecule has 0 bridgehead atoms. The van der Waals surface area contributed by atoms with Crippen molar-refractivity contribution in [1.82, 2.24) is 25.1 Å². The molecule has 194 valence electrons. The first-order valence-electron chi connectivity index (χ1n) is 12.7. The number of likely N-dealkylation sites (tertiary alicyclic amines) is 1. The van der Waals surface area contributed by atoms with Crippen molar-refractivity contribution in [2.45, 2.75) is 30.5 Å². The Balaban J connectivity index is 1.40. The van der Waals surface area contributed by atoms with Crippen molar-refractivity contribution in [3.8, 4) is 17.3 Å². The number of piperidine rings is 1. The van der Waals surface area contributed by atoms with Gasteiger partial charge < -0.3 is 9.64 Å². The zero-order valence-electron chi connectivity index (χ0n) is 22.4. The van der Waals surface area contributed by atoms with Crippen LogP contribution in [0.3, 0.4) is 0 Å². The molecule has 5 rings (SSSR count). The summed E-state index contributed by atoms with van der Waals surface area (Å²) in [4.78, 5) is 9.46. The summed E-state index contributed by atoms with van der Waals surface area (Å²) >= 11 is 5.83. The van der Waals surface area contributed by atoms with E-state index in [0.717, 1.165) is 17.0 Å². The topological polar surface area (TPSA) is 113 Å². The van der Waals surface area contributed by atoms with Crippen LogP contribution in [-0.2, 0) is 10.0 Å². The number of anilines is 1. The van der Waals surface area contributed by atoms with Gasteiger partial charge in [0.25, 0.3) is 10.0 Å². The molecule has 0 amide bonds. The van der Waals surface area contributed by atoms with Gasteiger partial charge in [0.2, 0.25) is 5.88 Å². The minimum atomic E-state index is -4.26. The van der Waals surface area contributed by atoms with Crippen LogP contribution in [0.25, 0.3) is 22.4 Å². The van der Waals surface area contributed by atoms with E-state index in [1.54, 1.807) is 19.1 Å². The number of aryl methyl sites for hydroxylation is 1. The molecule has 37 heavy (non-hydrogen) atoms. The lowest BCUT2D eigenvalue weighted by Gasteiger charge is -2.32. The second kappa shape index (κ2) is 9.84. The van der Waals surface area contributed by atoms with E-state index >= 15 is 0 Å². The van der Waals surface area contributed by atoms with E-state index in [-0.39, 0.29) is 41.9 Å². The van der Waals surface area contributed by atoms with Crippen LogP contribution in [0.1, 0.15) is 16.2 Å². The molecule has 0 saturated carbocycles. The molecule has 9 nitrogen and oxygen atoms in total. The van der Waals surface area contributed by atoms with Crippen molar-refractivity contribution in [2.24, 2.45) is 0 Å². The number of aromatic nitrogens is 4. The van der Waals surface area contributed by atoms with Crippen LogP contribution >= 0.6 is 11.6 Å². The molecule has 1 aliphatic rings. The Morgan fingerprint density at radius 1 is 1.24 bits per heavy atom. The number of benzene rings is 2. The number of fused-ring (bicyclic) bond motifs is 1. The molecule has 0 radical (unpaired) electrons. The lowest BCUT2D eigenvalue weighted by atomic mass is 10.1. The van der Waals surface area contributed by atoms with E-state index in [1.165, 1.54) is 18.2 Å². The van der Waals surface area contributed by atoms with Crippen LogP contribution < -0.4 is 9.46 Å². The fourth-order valence-corrected chi connectivity index (χ4v) is 5.39. The highest BCUT2D eigenvalue weighted by Gasteiger charge is 2.31. The highest BCUT2D eigenvalue weighted by Crippen LogP contribution is 2.31. The van der Waals surface area contributed by atoms with Crippen molar-refractivity contribution < 1.29 is 26.0 Å². The Morgan fingerprint density at radius 3 is 2.76 bits per heavy atom. The van der Waals surface area contributed by atoms with Crippen LogP contribution in [0.2, 0.25) is 5.02 Å². The number of sulfonamides is 1. The first-order valence-corrected chi connectivity index (χ1v) is 13.0. The zero-order chi connectivity index (χ0) is 28.8. The van der Waals surface area contributed by atoms with E-state index in [9.17, 15) is 17.2 Å². The Labute approximate surface area is 221 Å². The van der Waals surface area contributed by atoms with Crippen LogP contribution in [0.4, 0.5) is 14.5 Å². The van der Waals surface area contributed by atoms with Crippen molar-refractivity contribution in [1.29, 1.82) is 0 Å². The second-order valence-electron chi connectivity index (χ2n) is 8.55. The molecule has 0 aliphatic carbocycles. The number of halogens is 3. The maximum absolute atomic E-state index is 14.9. The number of hydrogen-bond acceptors (Lipinski definition) is 7. The third-order valence-electron chi connectivity index (χ3n) is 5.89. The maximum Gasteiger partial charge on any atom is 0.264 e. The molecule has 2 atom stereocenters. The highest BCUT2D eigenvalue weighted by atomic mass is 35.5. The number of nitrogens with one attached hydrogen (secondary N) is 2. The van der Waals surface area contributed by atoms with E-state index in [4.69, 9.17) is 20.5 Å². The molecule has 1 fully saturated rings. The normalized spacial score (nSPS) is 20.3. The molecule has 2 N–H and O–H groups in total. The number of hydrogen-bond donors (Lipinski definition) is 2. The summed E-state index contributed by atoms with van der Waals surface area (Å²) < 4.78 is 85.3.